The molecule has 1 aromatic rings. The first-order valence-electron chi connectivity index (χ1n) is 8.94. The summed E-state index contributed by atoms with van der Waals surface area (Å²) in [5, 5.41) is 6.71. The summed E-state index contributed by atoms with van der Waals surface area (Å²) in [5.41, 5.74) is 1.72. The molecule has 4 nitrogen and oxygen atoms in total. The minimum Gasteiger partial charge on any atom is -0.354 e. The Hall–Kier alpha value is -1.62. The lowest BCUT2D eigenvalue weighted by atomic mass is 10.1. The molecule has 5 heteroatoms. The number of nitrogens with zero attached hydrogens (tertiary/aromatic N) is 2. The SMILES string of the molecule is CCN(CC)CCCC(C)NC(=NC)NCc1ccc(F)c(C)c1. The summed E-state index contributed by atoms with van der Waals surface area (Å²) in [4.78, 5) is 6.71. The van der Waals surface area contributed by atoms with Crippen LogP contribution in [0.15, 0.2) is 23.2 Å². The fraction of sp³-hybridized carbons (Fsp3) is 0.632. The molecule has 2 N–H and O–H groups in total. The number of halogens is 1. The van der Waals surface area contributed by atoms with Gasteiger partial charge < -0.3 is 15.5 Å². The maximum absolute atomic E-state index is 13.3. The van der Waals surface area contributed by atoms with Crippen molar-refractivity contribution in [1.29, 1.82) is 0 Å². The van der Waals surface area contributed by atoms with Crippen molar-refractivity contribution in [1.82, 2.24) is 15.5 Å². The second-order valence-corrected chi connectivity index (χ2v) is 6.22. The van der Waals surface area contributed by atoms with Crippen LogP contribution in [0.3, 0.4) is 0 Å². The van der Waals surface area contributed by atoms with Crippen molar-refractivity contribution in [3.8, 4) is 0 Å². The maximum Gasteiger partial charge on any atom is 0.191 e. The zero-order valence-corrected chi connectivity index (χ0v) is 15.8. The van der Waals surface area contributed by atoms with E-state index < -0.39 is 0 Å². The monoisotopic (exact) mass is 336 g/mol. The summed E-state index contributed by atoms with van der Waals surface area (Å²) >= 11 is 0. The van der Waals surface area contributed by atoms with E-state index in [0.717, 1.165) is 37.6 Å². The molecule has 1 aromatic carbocycles. The van der Waals surface area contributed by atoms with Gasteiger partial charge in [-0.1, -0.05) is 26.0 Å². The fourth-order valence-electron chi connectivity index (χ4n) is 2.66. The molecule has 0 spiro atoms. The second-order valence-electron chi connectivity index (χ2n) is 6.22. The Balaban J connectivity index is 2.37. The molecule has 24 heavy (non-hydrogen) atoms. The summed E-state index contributed by atoms with van der Waals surface area (Å²) in [5.74, 6) is 0.621. The summed E-state index contributed by atoms with van der Waals surface area (Å²) in [6.45, 7) is 12.4. The van der Waals surface area contributed by atoms with Gasteiger partial charge in [-0.15, -0.1) is 0 Å². The molecule has 0 aromatic heterocycles. The molecular weight excluding hydrogens is 303 g/mol. The highest BCUT2D eigenvalue weighted by molar-refractivity contribution is 5.79. The van der Waals surface area contributed by atoms with Gasteiger partial charge in [0.25, 0.3) is 0 Å². The lowest BCUT2D eigenvalue weighted by molar-refractivity contribution is 0.292. The average Bonchev–Trinajstić information content (AvgIpc) is 2.58. The minimum absolute atomic E-state index is 0.164. The van der Waals surface area contributed by atoms with Crippen molar-refractivity contribution < 1.29 is 4.39 Å². The van der Waals surface area contributed by atoms with Crippen LogP contribution < -0.4 is 10.6 Å². The van der Waals surface area contributed by atoms with E-state index in [4.69, 9.17) is 0 Å². The van der Waals surface area contributed by atoms with Crippen LogP contribution in [-0.2, 0) is 6.54 Å². The van der Waals surface area contributed by atoms with E-state index >= 15 is 0 Å². The number of nitrogens with one attached hydrogen (secondary N) is 2. The van der Waals surface area contributed by atoms with Crippen LogP contribution in [0.2, 0.25) is 0 Å². The van der Waals surface area contributed by atoms with Crippen molar-refractivity contribution in [2.24, 2.45) is 4.99 Å². The van der Waals surface area contributed by atoms with Gasteiger partial charge in [-0.25, -0.2) is 4.39 Å². The first-order valence-corrected chi connectivity index (χ1v) is 8.94. The van der Waals surface area contributed by atoms with E-state index in [1.54, 1.807) is 20.0 Å². The molecule has 0 amide bonds. The van der Waals surface area contributed by atoms with Gasteiger partial charge in [0.05, 0.1) is 0 Å². The Morgan fingerprint density at radius 2 is 2.00 bits per heavy atom. The lowest BCUT2D eigenvalue weighted by Gasteiger charge is -2.21. The molecule has 0 heterocycles. The number of aliphatic imine (C=N–C) groups is 1. The number of aryl methyl sites for hydroxylation is 1. The number of hydrogen-bond donors (Lipinski definition) is 2. The first kappa shape index (κ1) is 20.4. The van der Waals surface area contributed by atoms with Crippen LogP contribution in [0.1, 0.15) is 44.7 Å². The van der Waals surface area contributed by atoms with Gasteiger partial charge >= 0.3 is 0 Å². The topological polar surface area (TPSA) is 39.7 Å². The highest BCUT2D eigenvalue weighted by atomic mass is 19.1. The van der Waals surface area contributed by atoms with Crippen molar-refractivity contribution >= 4 is 5.96 Å². The normalized spacial score (nSPS) is 13.2. The van der Waals surface area contributed by atoms with Gasteiger partial charge in [-0.3, -0.25) is 4.99 Å². The van der Waals surface area contributed by atoms with Crippen LogP contribution in [0.4, 0.5) is 4.39 Å². The number of guanidine groups is 1. The predicted octanol–water partition coefficient (Wildman–Crippen LogP) is 3.31. The smallest absolute Gasteiger partial charge is 0.191 e. The zero-order valence-electron chi connectivity index (χ0n) is 15.8. The molecule has 0 aliphatic rings. The van der Waals surface area contributed by atoms with Gasteiger partial charge in [0.2, 0.25) is 0 Å². The third-order valence-corrected chi connectivity index (χ3v) is 4.29. The summed E-state index contributed by atoms with van der Waals surface area (Å²) in [6.07, 6.45) is 2.27. The maximum atomic E-state index is 13.3. The largest absolute Gasteiger partial charge is 0.354 e. The fourth-order valence-corrected chi connectivity index (χ4v) is 2.66. The molecule has 1 unspecified atom stereocenters. The molecule has 0 bridgehead atoms. The number of benzene rings is 1. The van der Waals surface area contributed by atoms with Crippen molar-refractivity contribution in [3.05, 3.63) is 35.1 Å². The molecule has 0 saturated carbocycles. The van der Waals surface area contributed by atoms with E-state index in [1.165, 1.54) is 12.5 Å². The third-order valence-electron chi connectivity index (χ3n) is 4.29. The Morgan fingerprint density at radius 1 is 1.29 bits per heavy atom. The predicted molar refractivity (Wildman–Crippen MR) is 101 cm³/mol. The Morgan fingerprint density at radius 3 is 2.58 bits per heavy atom. The van der Waals surface area contributed by atoms with E-state index in [9.17, 15) is 4.39 Å². The quantitative estimate of drug-likeness (QED) is 0.537. The van der Waals surface area contributed by atoms with Crippen molar-refractivity contribution in [2.45, 2.75) is 53.1 Å². The van der Waals surface area contributed by atoms with Crippen molar-refractivity contribution in [2.75, 3.05) is 26.7 Å². The molecule has 0 saturated heterocycles. The highest BCUT2D eigenvalue weighted by Crippen LogP contribution is 2.09. The standard InChI is InChI=1S/C19H33FN4/c1-6-24(7-2)12-8-9-16(4)23-19(21-5)22-14-17-10-11-18(20)15(3)13-17/h10-11,13,16H,6-9,12,14H2,1-5H3,(H2,21,22,23). The molecule has 1 atom stereocenters. The van der Waals surface area contributed by atoms with Crippen LogP contribution in [0.5, 0.6) is 0 Å². The van der Waals surface area contributed by atoms with E-state index in [0.29, 0.717) is 18.2 Å². The van der Waals surface area contributed by atoms with Crippen LogP contribution in [-0.4, -0.2) is 43.6 Å². The Labute approximate surface area is 146 Å². The van der Waals surface area contributed by atoms with Crippen LogP contribution in [0.25, 0.3) is 0 Å². The number of hydrogen-bond acceptors (Lipinski definition) is 2. The molecule has 0 fully saturated rings. The minimum atomic E-state index is -0.164. The van der Waals surface area contributed by atoms with Gasteiger partial charge in [-0.2, -0.15) is 0 Å². The molecule has 136 valence electrons. The van der Waals surface area contributed by atoms with Gasteiger partial charge in [-0.05, 0) is 63.5 Å². The summed E-state index contributed by atoms with van der Waals surface area (Å²) in [7, 11) is 1.77. The molecular formula is C19H33FN4. The molecule has 1 rings (SSSR count). The zero-order chi connectivity index (χ0) is 17.9. The Bertz CT molecular complexity index is 512. The summed E-state index contributed by atoms with van der Waals surface area (Å²) in [6, 6.07) is 5.54. The van der Waals surface area contributed by atoms with Crippen LogP contribution in [0, 0.1) is 12.7 Å². The van der Waals surface area contributed by atoms with Gasteiger partial charge in [0, 0.05) is 19.6 Å². The van der Waals surface area contributed by atoms with E-state index in [2.05, 4.69) is 41.3 Å². The molecule has 0 aliphatic carbocycles. The van der Waals surface area contributed by atoms with Gasteiger partial charge in [0.1, 0.15) is 5.82 Å². The first-order chi connectivity index (χ1) is 11.5. The van der Waals surface area contributed by atoms with Crippen molar-refractivity contribution in [3.63, 3.8) is 0 Å². The van der Waals surface area contributed by atoms with Gasteiger partial charge in [0.15, 0.2) is 5.96 Å². The summed E-state index contributed by atoms with van der Waals surface area (Å²) < 4.78 is 13.3. The highest BCUT2D eigenvalue weighted by Gasteiger charge is 2.07. The lowest BCUT2D eigenvalue weighted by Crippen LogP contribution is -2.42. The Kier molecular flexibility index (Phi) is 9.38. The average molecular weight is 336 g/mol. The van der Waals surface area contributed by atoms with Crippen LogP contribution >= 0.6 is 0 Å². The molecule has 0 radical (unpaired) electrons. The molecule has 0 aliphatic heterocycles. The second kappa shape index (κ2) is 11.0. The number of rotatable bonds is 9. The van der Waals surface area contributed by atoms with E-state index in [1.807, 2.05) is 6.07 Å². The third kappa shape index (κ3) is 7.30. The van der Waals surface area contributed by atoms with E-state index in [-0.39, 0.29) is 5.82 Å².